The van der Waals surface area contributed by atoms with Crippen LogP contribution in [0.15, 0.2) is 65.5 Å². The van der Waals surface area contributed by atoms with Crippen molar-refractivity contribution >= 4 is 22.8 Å². The number of aromatic nitrogens is 2. The summed E-state index contributed by atoms with van der Waals surface area (Å²) in [4.78, 5) is 42.8. The largest absolute Gasteiger partial charge is 0.497 e. The maximum Gasteiger partial charge on any atom is 0.307 e. The van der Waals surface area contributed by atoms with Crippen LogP contribution < -0.4 is 20.3 Å². The highest BCUT2D eigenvalue weighted by atomic mass is 19.1. The molecule has 36 heavy (non-hydrogen) atoms. The van der Waals surface area contributed by atoms with Gasteiger partial charge < -0.3 is 24.9 Å². The molecule has 1 aromatic heterocycles. The predicted octanol–water partition coefficient (Wildman–Crippen LogP) is 3.21. The number of aromatic amines is 1. The van der Waals surface area contributed by atoms with E-state index < -0.39 is 23.3 Å². The second kappa shape index (κ2) is 10.7. The monoisotopic (exact) mass is 491 g/mol. The summed E-state index contributed by atoms with van der Waals surface area (Å²) in [5.74, 6) is -2.18. The summed E-state index contributed by atoms with van der Waals surface area (Å²) in [6.07, 6.45) is -0.115. The van der Waals surface area contributed by atoms with Gasteiger partial charge in [-0.05, 0) is 41.0 Å². The molecule has 3 N–H and O–H groups in total. The summed E-state index contributed by atoms with van der Waals surface area (Å²) in [7, 11) is 1.54. The summed E-state index contributed by atoms with van der Waals surface area (Å²) in [5, 5.41) is 11.4. The van der Waals surface area contributed by atoms with E-state index in [0.717, 1.165) is 11.6 Å². The third kappa shape index (κ3) is 5.66. The molecule has 4 aromatic rings. The number of aliphatic carboxylic acids is 1. The van der Waals surface area contributed by atoms with Crippen LogP contribution in [0.3, 0.4) is 0 Å². The number of halogens is 1. The Morgan fingerprint density at radius 3 is 2.53 bits per heavy atom. The number of carbonyl (C=O) groups is 2. The van der Waals surface area contributed by atoms with Gasteiger partial charge >= 0.3 is 5.97 Å². The first-order valence-corrected chi connectivity index (χ1v) is 10.9. The van der Waals surface area contributed by atoms with Gasteiger partial charge in [-0.1, -0.05) is 36.4 Å². The van der Waals surface area contributed by atoms with Crippen LogP contribution in [0.5, 0.6) is 11.5 Å². The number of rotatable bonds is 9. The molecule has 3 aromatic carbocycles. The van der Waals surface area contributed by atoms with Crippen molar-refractivity contribution in [2.24, 2.45) is 0 Å². The first-order chi connectivity index (χ1) is 17.3. The lowest BCUT2D eigenvalue weighted by Gasteiger charge is -2.11. The molecule has 0 spiro atoms. The van der Waals surface area contributed by atoms with Gasteiger partial charge in [-0.25, -0.2) is 9.37 Å². The Balaban J connectivity index is 1.52. The third-order valence-electron chi connectivity index (χ3n) is 5.34. The molecule has 184 valence electrons. The van der Waals surface area contributed by atoms with Gasteiger partial charge in [0.25, 0.3) is 11.5 Å². The number of nitrogens with one attached hydrogen (secondary N) is 2. The molecule has 0 unspecified atom stereocenters. The molecular formula is C26H22FN3O6. The minimum absolute atomic E-state index is 0.0639. The van der Waals surface area contributed by atoms with E-state index in [2.05, 4.69) is 15.3 Å². The average Bonchev–Trinajstić information content (AvgIpc) is 2.87. The number of fused-ring (bicyclic) bond motifs is 1. The van der Waals surface area contributed by atoms with E-state index in [-0.39, 0.29) is 42.0 Å². The second-order valence-corrected chi connectivity index (χ2v) is 7.90. The first-order valence-electron chi connectivity index (χ1n) is 10.9. The molecule has 0 aliphatic rings. The smallest absolute Gasteiger partial charge is 0.307 e. The zero-order valence-electron chi connectivity index (χ0n) is 19.2. The number of methoxy groups -OCH3 is 1. The molecule has 0 saturated heterocycles. The Hall–Kier alpha value is -4.73. The number of H-pyrrole nitrogens is 1. The Kier molecular flexibility index (Phi) is 7.24. The van der Waals surface area contributed by atoms with Crippen LogP contribution in [0.1, 0.15) is 27.3 Å². The Morgan fingerprint density at radius 1 is 1.06 bits per heavy atom. The molecule has 0 radical (unpaired) electrons. The van der Waals surface area contributed by atoms with Gasteiger partial charge in [-0.3, -0.25) is 14.4 Å². The number of ether oxygens (including phenoxy) is 2. The normalized spacial score (nSPS) is 10.7. The van der Waals surface area contributed by atoms with Crippen LogP contribution >= 0.6 is 0 Å². The summed E-state index contributed by atoms with van der Waals surface area (Å²) in [6, 6.07) is 16.1. The number of hydrogen-bond acceptors (Lipinski definition) is 6. The lowest BCUT2D eigenvalue weighted by molar-refractivity contribution is -0.136. The SMILES string of the molecule is COc1cccc(CNC(=O)c2nc3ccc(F)c(OCc4ccc(CC(=O)O)cc4)c3c(=O)[nH]2)c1. The van der Waals surface area contributed by atoms with E-state index in [1.165, 1.54) is 6.07 Å². The molecule has 0 bridgehead atoms. The van der Waals surface area contributed by atoms with Crippen LogP contribution in [0.2, 0.25) is 0 Å². The number of hydrogen-bond donors (Lipinski definition) is 3. The minimum atomic E-state index is -0.947. The molecule has 0 fully saturated rings. The van der Waals surface area contributed by atoms with Crippen molar-refractivity contribution in [2.45, 2.75) is 19.6 Å². The highest BCUT2D eigenvalue weighted by Gasteiger charge is 2.18. The highest BCUT2D eigenvalue weighted by molar-refractivity contribution is 5.93. The van der Waals surface area contributed by atoms with Crippen LogP contribution in [-0.2, 0) is 24.4 Å². The maximum atomic E-state index is 14.6. The molecule has 4 rings (SSSR count). The molecular weight excluding hydrogens is 469 g/mol. The molecule has 1 heterocycles. The van der Waals surface area contributed by atoms with E-state index in [0.29, 0.717) is 16.9 Å². The number of amides is 1. The van der Waals surface area contributed by atoms with Crippen molar-refractivity contribution in [3.63, 3.8) is 0 Å². The van der Waals surface area contributed by atoms with Crippen LogP contribution in [0.25, 0.3) is 10.9 Å². The molecule has 1 amide bonds. The number of carbonyl (C=O) groups excluding carboxylic acids is 1. The molecule has 9 nitrogen and oxygen atoms in total. The van der Waals surface area contributed by atoms with Crippen LogP contribution in [0.4, 0.5) is 4.39 Å². The molecule has 0 aliphatic carbocycles. The fraction of sp³-hybridized carbons (Fsp3) is 0.154. The fourth-order valence-corrected chi connectivity index (χ4v) is 3.56. The second-order valence-electron chi connectivity index (χ2n) is 7.90. The van der Waals surface area contributed by atoms with Crippen molar-refractivity contribution in [2.75, 3.05) is 7.11 Å². The van der Waals surface area contributed by atoms with Gasteiger partial charge in [0.2, 0.25) is 0 Å². The van der Waals surface area contributed by atoms with E-state index >= 15 is 0 Å². The number of carboxylic acid groups (broad SMARTS) is 1. The van der Waals surface area contributed by atoms with E-state index in [1.807, 2.05) is 6.07 Å². The minimum Gasteiger partial charge on any atom is -0.497 e. The zero-order valence-corrected chi connectivity index (χ0v) is 19.2. The van der Waals surface area contributed by atoms with Gasteiger partial charge in [0.15, 0.2) is 17.4 Å². The van der Waals surface area contributed by atoms with Crippen molar-refractivity contribution < 1.29 is 28.6 Å². The standard InChI is InChI=1S/C26H22FN3O6/c1-35-18-4-2-3-17(11-18)13-28-26(34)24-29-20-10-9-19(27)23(22(20)25(33)30-24)36-14-16-7-5-15(6-8-16)12-21(31)32/h2-11H,12-14H2,1H3,(H,28,34)(H,31,32)(H,29,30,33). The summed E-state index contributed by atoms with van der Waals surface area (Å²) in [6.45, 7) is 0.117. The summed E-state index contributed by atoms with van der Waals surface area (Å²) in [5.41, 5.74) is 1.43. The van der Waals surface area contributed by atoms with Gasteiger partial charge in [-0.15, -0.1) is 0 Å². The lowest BCUT2D eigenvalue weighted by Crippen LogP contribution is -2.27. The maximum absolute atomic E-state index is 14.6. The average molecular weight is 491 g/mol. The summed E-state index contributed by atoms with van der Waals surface area (Å²) < 4.78 is 25.3. The van der Waals surface area contributed by atoms with E-state index in [1.54, 1.807) is 49.6 Å². The Morgan fingerprint density at radius 2 is 1.81 bits per heavy atom. The third-order valence-corrected chi connectivity index (χ3v) is 5.34. The van der Waals surface area contributed by atoms with Gasteiger partial charge in [0.1, 0.15) is 17.7 Å². The topological polar surface area (TPSA) is 131 Å². The number of benzene rings is 3. The predicted molar refractivity (Wildman–Crippen MR) is 129 cm³/mol. The first kappa shape index (κ1) is 24.4. The van der Waals surface area contributed by atoms with Crippen LogP contribution in [0, 0.1) is 5.82 Å². The van der Waals surface area contributed by atoms with Crippen molar-refractivity contribution in [1.29, 1.82) is 0 Å². The highest BCUT2D eigenvalue weighted by Crippen LogP contribution is 2.26. The molecule has 0 atom stereocenters. The van der Waals surface area contributed by atoms with Gasteiger partial charge in [-0.2, -0.15) is 0 Å². The quantitative estimate of drug-likeness (QED) is 0.328. The molecule has 10 heteroatoms. The van der Waals surface area contributed by atoms with Crippen molar-refractivity contribution in [1.82, 2.24) is 15.3 Å². The van der Waals surface area contributed by atoms with Gasteiger partial charge in [0.05, 0.1) is 19.0 Å². The fourth-order valence-electron chi connectivity index (χ4n) is 3.56. The van der Waals surface area contributed by atoms with E-state index in [9.17, 15) is 18.8 Å². The number of nitrogens with zero attached hydrogens (tertiary/aromatic N) is 1. The van der Waals surface area contributed by atoms with Gasteiger partial charge in [0, 0.05) is 6.54 Å². The molecule has 0 aliphatic heterocycles. The van der Waals surface area contributed by atoms with Crippen LogP contribution in [-0.4, -0.2) is 34.1 Å². The summed E-state index contributed by atoms with van der Waals surface area (Å²) >= 11 is 0. The van der Waals surface area contributed by atoms with E-state index in [4.69, 9.17) is 14.6 Å². The Bertz CT molecular complexity index is 1480. The molecule has 0 saturated carbocycles. The Labute approximate surface area is 204 Å². The number of carboxylic acids is 1. The van der Waals surface area contributed by atoms with Crippen molar-refractivity contribution in [3.8, 4) is 11.5 Å². The zero-order chi connectivity index (χ0) is 25.7. The van der Waals surface area contributed by atoms with Crippen molar-refractivity contribution in [3.05, 3.63) is 99.3 Å². The lowest BCUT2D eigenvalue weighted by atomic mass is 10.1.